The number of carbonyl (C=O) groups is 1. The van der Waals surface area contributed by atoms with Crippen molar-refractivity contribution in [3.63, 3.8) is 0 Å². The molecule has 8 nitrogen and oxygen atoms in total. The first-order valence-electron chi connectivity index (χ1n) is 7.90. The molecule has 1 heterocycles. The highest BCUT2D eigenvalue weighted by molar-refractivity contribution is 7.89. The van der Waals surface area contributed by atoms with E-state index < -0.39 is 33.3 Å². The van der Waals surface area contributed by atoms with E-state index in [9.17, 15) is 18.3 Å². The second-order valence-corrected chi connectivity index (χ2v) is 7.56. The van der Waals surface area contributed by atoms with Crippen LogP contribution in [0.5, 0.6) is 5.75 Å². The smallest absolute Gasteiger partial charge is 0.339 e. The topological polar surface area (TPSA) is 122 Å². The summed E-state index contributed by atoms with van der Waals surface area (Å²) in [6.07, 6.45) is 3.26. The standard InChI is InChI=1S/C18H17N3O5S/c1-21-10-9-19-17(21)16(12-5-3-2-4-6-12)20-27(25,26)13-7-8-15(22)14(11-13)18(23)24/h2-11,16,20,22H,1H3,(H,23,24)/t16-/m0/s1. The minimum absolute atomic E-state index is 0.271. The van der Waals surface area contributed by atoms with Crippen LogP contribution in [0.25, 0.3) is 0 Å². The minimum Gasteiger partial charge on any atom is -0.507 e. The van der Waals surface area contributed by atoms with Gasteiger partial charge < -0.3 is 14.8 Å². The highest BCUT2D eigenvalue weighted by Gasteiger charge is 2.26. The number of hydrogen-bond acceptors (Lipinski definition) is 5. The van der Waals surface area contributed by atoms with Crippen LogP contribution in [0, 0.1) is 0 Å². The molecule has 0 saturated carbocycles. The summed E-state index contributed by atoms with van der Waals surface area (Å²) in [6.45, 7) is 0. The van der Waals surface area contributed by atoms with Gasteiger partial charge in [0.05, 0.1) is 4.90 Å². The van der Waals surface area contributed by atoms with E-state index in [1.54, 1.807) is 48.3 Å². The predicted octanol–water partition coefficient (Wildman–Crippen LogP) is 1.89. The van der Waals surface area contributed by atoms with Gasteiger partial charge in [0.1, 0.15) is 23.2 Å². The Balaban J connectivity index is 2.04. The van der Waals surface area contributed by atoms with E-state index in [1.807, 2.05) is 6.07 Å². The number of aromatic nitrogens is 2. The number of benzene rings is 2. The van der Waals surface area contributed by atoms with Crippen LogP contribution < -0.4 is 4.72 Å². The number of aromatic hydroxyl groups is 1. The van der Waals surface area contributed by atoms with Gasteiger partial charge in [-0.15, -0.1) is 0 Å². The van der Waals surface area contributed by atoms with E-state index in [2.05, 4.69) is 9.71 Å². The normalized spacial score (nSPS) is 12.6. The molecule has 0 aliphatic carbocycles. The molecular weight excluding hydrogens is 370 g/mol. The summed E-state index contributed by atoms with van der Waals surface area (Å²) < 4.78 is 30.0. The second-order valence-electron chi connectivity index (χ2n) is 5.85. The van der Waals surface area contributed by atoms with Crippen LogP contribution in [-0.4, -0.2) is 34.2 Å². The van der Waals surface area contributed by atoms with Gasteiger partial charge in [-0.2, -0.15) is 4.72 Å². The molecule has 3 N–H and O–H groups in total. The Kier molecular flexibility index (Phi) is 4.98. The molecule has 1 atom stereocenters. The Bertz CT molecular complexity index is 1080. The second kappa shape index (κ2) is 7.22. The summed E-state index contributed by atoms with van der Waals surface area (Å²) in [6, 6.07) is 11.2. The van der Waals surface area contributed by atoms with Gasteiger partial charge >= 0.3 is 5.97 Å². The Morgan fingerprint density at radius 1 is 1.19 bits per heavy atom. The molecule has 3 aromatic rings. The first-order chi connectivity index (χ1) is 12.8. The number of sulfonamides is 1. The zero-order valence-electron chi connectivity index (χ0n) is 14.3. The van der Waals surface area contributed by atoms with Crippen LogP contribution in [0.2, 0.25) is 0 Å². The maximum absolute atomic E-state index is 12.9. The fraction of sp³-hybridized carbons (Fsp3) is 0.111. The number of aromatic carboxylic acids is 1. The average Bonchev–Trinajstić information content (AvgIpc) is 3.06. The number of carboxylic acid groups (broad SMARTS) is 1. The molecule has 0 radical (unpaired) electrons. The Morgan fingerprint density at radius 3 is 2.48 bits per heavy atom. The van der Waals surface area contributed by atoms with Crippen molar-refractivity contribution in [2.45, 2.75) is 10.9 Å². The van der Waals surface area contributed by atoms with Crippen molar-refractivity contribution in [1.82, 2.24) is 14.3 Å². The van der Waals surface area contributed by atoms with Crippen LogP contribution in [-0.2, 0) is 17.1 Å². The van der Waals surface area contributed by atoms with Crippen LogP contribution in [0.4, 0.5) is 0 Å². The van der Waals surface area contributed by atoms with Crippen molar-refractivity contribution in [1.29, 1.82) is 0 Å². The van der Waals surface area contributed by atoms with Crippen molar-refractivity contribution in [2.75, 3.05) is 0 Å². The molecule has 0 aliphatic heterocycles. The van der Waals surface area contributed by atoms with Crippen molar-refractivity contribution >= 4 is 16.0 Å². The van der Waals surface area contributed by atoms with Gasteiger partial charge in [-0.1, -0.05) is 30.3 Å². The molecule has 27 heavy (non-hydrogen) atoms. The lowest BCUT2D eigenvalue weighted by Gasteiger charge is -2.19. The van der Waals surface area contributed by atoms with E-state index in [1.165, 1.54) is 0 Å². The first-order valence-corrected chi connectivity index (χ1v) is 9.38. The van der Waals surface area contributed by atoms with E-state index in [4.69, 9.17) is 5.11 Å². The minimum atomic E-state index is -4.10. The van der Waals surface area contributed by atoms with Gasteiger partial charge in [-0.05, 0) is 23.8 Å². The fourth-order valence-electron chi connectivity index (χ4n) is 2.65. The molecule has 0 aliphatic rings. The Labute approximate surface area is 155 Å². The monoisotopic (exact) mass is 387 g/mol. The van der Waals surface area contributed by atoms with Crippen LogP contribution in [0.3, 0.4) is 0 Å². The average molecular weight is 387 g/mol. The molecule has 0 fully saturated rings. The molecule has 0 unspecified atom stereocenters. The lowest BCUT2D eigenvalue weighted by molar-refractivity contribution is 0.0693. The van der Waals surface area contributed by atoms with Gasteiger partial charge in [0, 0.05) is 19.4 Å². The molecular formula is C18H17N3O5S. The molecule has 1 aromatic heterocycles. The van der Waals surface area contributed by atoms with Gasteiger partial charge in [0.2, 0.25) is 10.0 Å². The van der Waals surface area contributed by atoms with Crippen LogP contribution >= 0.6 is 0 Å². The lowest BCUT2D eigenvalue weighted by atomic mass is 10.1. The number of nitrogens with one attached hydrogen (secondary N) is 1. The van der Waals surface area contributed by atoms with Crippen molar-refractivity contribution in [3.8, 4) is 5.75 Å². The third-order valence-electron chi connectivity index (χ3n) is 4.03. The summed E-state index contributed by atoms with van der Waals surface area (Å²) in [5.74, 6) is -1.46. The zero-order valence-corrected chi connectivity index (χ0v) is 15.1. The zero-order chi connectivity index (χ0) is 19.6. The van der Waals surface area contributed by atoms with E-state index in [-0.39, 0.29) is 4.90 Å². The largest absolute Gasteiger partial charge is 0.507 e. The maximum atomic E-state index is 12.9. The van der Waals surface area contributed by atoms with Gasteiger partial charge in [0.15, 0.2) is 0 Å². The summed E-state index contributed by atoms with van der Waals surface area (Å²) in [7, 11) is -2.36. The number of rotatable bonds is 6. The molecule has 2 aromatic carbocycles. The maximum Gasteiger partial charge on any atom is 0.339 e. The molecule has 9 heteroatoms. The summed E-state index contributed by atoms with van der Waals surface area (Å²) in [5.41, 5.74) is 0.179. The number of imidazole rings is 1. The molecule has 0 amide bonds. The van der Waals surface area contributed by atoms with Gasteiger partial charge in [0.25, 0.3) is 0 Å². The number of phenols is 1. The molecule has 3 rings (SSSR count). The van der Waals surface area contributed by atoms with Crippen molar-refractivity contribution < 1.29 is 23.4 Å². The molecule has 0 bridgehead atoms. The van der Waals surface area contributed by atoms with Crippen molar-refractivity contribution in [2.24, 2.45) is 7.05 Å². The van der Waals surface area contributed by atoms with E-state index in [0.29, 0.717) is 11.4 Å². The molecule has 140 valence electrons. The van der Waals surface area contributed by atoms with Crippen LogP contribution in [0.1, 0.15) is 27.8 Å². The summed E-state index contributed by atoms with van der Waals surface area (Å²) in [4.78, 5) is 15.1. The number of nitrogens with zero attached hydrogens (tertiary/aromatic N) is 2. The fourth-order valence-corrected chi connectivity index (χ4v) is 3.86. The summed E-state index contributed by atoms with van der Waals surface area (Å²) in [5, 5.41) is 18.7. The Hall–Kier alpha value is -3.17. The van der Waals surface area contributed by atoms with Crippen LogP contribution in [0.15, 0.2) is 65.8 Å². The number of hydrogen-bond donors (Lipinski definition) is 3. The Morgan fingerprint density at radius 2 is 1.89 bits per heavy atom. The SMILES string of the molecule is Cn1ccnc1[C@@H](NS(=O)(=O)c1ccc(O)c(C(=O)O)c1)c1ccccc1. The highest BCUT2D eigenvalue weighted by atomic mass is 32.2. The third-order valence-corrected chi connectivity index (χ3v) is 5.45. The molecule has 0 saturated heterocycles. The number of carboxylic acids is 1. The highest BCUT2D eigenvalue weighted by Crippen LogP contribution is 2.25. The number of aryl methyl sites for hydroxylation is 1. The molecule has 0 spiro atoms. The van der Waals surface area contributed by atoms with E-state index in [0.717, 1.165) is 18.2 Å². The lowest BCUT2D eigenvalue weighted by Crippen LogP contribution is -2.31. The van der Waals surface area contributed by atoms with E-state index >= 15 is 0 Å². The third kappa shape index (κ3) is 3.83. The quantitative estimate of drug-likeness (QED) is 0.594. The summed E-state index contributed by atoms with van der Waals surface area (Å²) >= 11 is 0. The van der Waals surface area contributed by atoms with Crippen molar-refractivity contribution in [3.05, 3.63) is 77.9 Å². The van der Waals surface area contributed by atoms with Gasteiger partial charge in [-0.25, -0.2) is 18.2 Å². The first kappa shape index (κ1) is 18.6. The van der Waals surface area contributed by atoms with Gasteiger partial charge in [-0.3, -0.25) is 0 Å². The predicted molar refractivity (Wildman–Crippen MR) is 96.9 cm³/mol.